The van der Waals surface area contributed by atoms with E-state index in [0.29, 0.717) is 0 Å². The summed E-state index contributed by atoms with van der Waals surface area (Å²) in [6, 6.07) is 12.6. The molecule has 5 nitrogen and oxygen atoms in total. The number of carbonyl (C=O) groups excluding carboxylic acids is 2. The van der Waals surface area contributed by atoms with Crippen molar-refractivity contribution in [3.8, 4) is 0 Å². The molecule has 118 valence electrons. The van der Waals surface area contributed by atoms with E-state index < -0.39 is 6.04 Å². The van der Waals surface area contributed by atoms with E-state index in [4.69, 9.17) is 0 Å². The SMILES string of the molecule is Cc1cccc(NC(=O)C[C@@H]2Nc3ccccc3NC2=O)c1C. The van der Waals surface area contributed by atoms with Gasteiger partial charge in [0.2, 0.25) is 11.8 Å². The Balaban J connectivity index is 1.69. The van der Waals surface area contributed by atoms with Gasteiger partial charge >= 0.3 is 0 Å². The molecule has 23 heavy (non-hydrogen) atoms. The van der Waals surface area contributed by atoms with Crippen molar-refractivity contribution < 1.29 is 9.59 Å². The fourth-order valence-corrected chi connectivity index (χ4v) is 2.61. The molecule has 0 spiro atoms. The number of hydrogen-bond acceptors (Lipinski definition) is 3. The minimum atomic E-state index is -0.574. The molecule has 2 aromatic carbocycles. The molecule has 0 radical (unpaired) electrons. The van der Waals surface area contributed by atoms with Gasteiger partial charge in [-0.05, 0) is 43.2 Å². The second-order valence-electron chi connectivity index (χ2n) is 5.73. The number of rotatable bonds is 3. The van der Waals surface area contributed by atoms with E-state index in [1.165, 1.54) is 0 Å². The van der Waals surface area contributed by atoms with Crippen LogP contribution in [0.3, 0.4) is 0 Å². The lowest BCUT2D eigenvalue weighted by atomic mass is 10.1. The van der Waals surface area contributed by atoms with Gasteiger partial charge in [0.15, 0.2) is 0 Å². The van der Waals surface area contributed by atoms with Crippen molar-refractivity contribution in [2.75, 3.05) is 16.0 Å². The minimum absolute atomic E-state index is 0.0769. The van der Waals surface area contributed by atoms with Gasteiger partial charge < -0.3 is 16.0 Å². The maximum atomic E-state index is 12.3. The van der Waals surface area contributed by atoms with Crippen LogP contribution in [0.1, 0.15) is 17.5 Å². The first-order valence-electron chi connectivity index (χ1n) is 7.57. The molecular formula is C18H19N3O2. The molecule has 1 aliphatic heterocycles. The molecule has 3 N–H and O–H groups in total. The number of benzene rings is 2. The summed E-state index contributed by atoms with van der Waals surface area (Å²) >= 11 is 0. The highest BCUT2D eigenvalue weighted by Crippen LogP contribution is 2.27. The normalized spacial score (nSPS) is 16.1. The monoisotopic (exact) mass is 309 g/mol. The average Bonchev–Trinajstić information content (AvgIpc) is 2.52. The molecule has 0 saturated carbocycles. The Kier molecular flexibility index (Phi) is 4.02. The Morgan fingerprint density at radius 1 is 1.09 bits per heavy atom. The Hall–Kier alpha value is -2.82. The Bertz CT molecular complexity index is 771. The van der Waals surface area contributed by atoms with Crippen LogP contribution < -0.4 is 16.0 Å². The lowest BCUT2D eigenvalue weighted by Gasteiger charge is -2.26. The molecule has 2 aromatic rings. The lowest BCUT2D eigenvalue weighted by molar-refractivity contribution is -0.122. The van der Waals surface area contributed by atoms with E-state index in [9.17, 15) is 9.59 Å². The number of para-hydroxylation sites is 2. The fraction of sp³-hybridized carbons (Fsp3) is 0.222. The van der Waals surface area contributed by atoms with Crippen molar-refractivity contribution in [2.45, 2.75) is 26.3 Å². The second kappa shape index (κ2) is 6.12. The zero-order valence-electron chi connectivity index (χ0n) is 13.1. The molecule has 1 aliphatic rings. The molecule has 0 saturated heterocycles. The summed E-state index contributed by atoms with van der Waals surface area (Å²) in [5.41, 5.74) is 4.50. The van der Waals surface area contributed by atoms with Gasteiger partial charge in [-0.1, -0.05) is 24.3 Å². The van der Waals surface area contributed by atoms with E-state index in [0.717, 1.165) is 28.2 Å². The van der Waals surface area contributed by atoms with Crippen LogP contribution in [0.4, 0.5) is 17.1 Å². The van der Waals surface area contributed by atoms with E-state index >= 15 is 0 Å². The lowest BCUT2D eigenvalue weighted by Crippen LogP contribution is -2.41. The number of carbonyl (C=O) groups is 2. The van der Waals surface area contributed by atoms with Crippen LogP contribution in [0.25, 0.3) is 0 Å². The van der Waals surface area contributed by atoms with Crippen LogP contribution in [-0.2, 0) is 9.59 Å². The standard InChI is InChI=1S/C18H19N3O2/c1-11-6-5-9-13(12(11)2)20-17(22)10-16-18(23)21-15-8-4-3-7-14(15)19-16/h3-9,16,19H,10H2,1-2H3,(H,20,22)(H,21,23)/t16-/m0/s1. The van der Waals surface area contributed by atoms with E-state index in [-0.39, 0.29) is 18.2 Å². The zero-order valence-corrected chi connectivity index (χ0v) is 13.1. The highest BCUT2D eigenvalue weighted by molar-refractivity contribution is 6.06. The number of anilines is 3. The van der Waals surface area contributed by atoms with Crippen molar-refractivity contribution in [3.63, 3.8) is 0 Å². The maximum Gasteiger partial charge on any atom is 0.247 e. The number of nitrogens with one attached hydrogen (secondary N) is 3. The van der Waals surface area contributed by atoms with Crippen LogP contribution in [-0.4, -0.2) is 17.9 Å². The minimum Gasteiger partial charge on any atom is -0.372 e. The van der Waals surface area contributed by atoms with Crippen molar-refractivity contribution >= 4 is 28.9 Å². The third-order valence-electron chi connectivity index (χ3n) is 4.10. The molecule has 0 fully saturated rings. The first-order valence-corrected chi connectivity index (χ1v) is 7.57. The average molecular weight is 309 g/mol. The smallest absolute Gasteiger partial charge is 0.247 e. The fourth-order valence-electron chi connectivity index (χ4n) is 2.61. The number of fused-ring (bicyclic) bond motifs is 1. The van der Waals surface area contributed by atoms with E-state index in [1.54, 1.807) is 0 Å². The molecule has 0 aromatic heterocycles. The summed E-state index contributed by atoms with van der Waals surface area (Å²) in [6.45, 7) is 3.96. The van der Waals surface area contributed by atoms with Gasteiger partial charge in [-0.25, -0.2) is 0 Å². The largest absolute Gasteiger partial charge is 0.372 e. The van der Waals surface area contributed by atoms with Crippen LogP contribution in [0.2, 0.25) is 0 Å². The van der Waals surface area contributed by atoms with Crippen LogP contribution >= 0.6 is 0 Å². The zero-order chi connectivity index (χ0) is 16.4. The molecule has 2 amide bonds. The number of amides is 2. The Labute approximate surface area is 135 Å². The van der Waals surface area contributed by atoms with Gasteiger partial charge in [0, 0.05) is 5.69 Å². The maximum absolute atomic E-state index is 12.3. The highest BCUT2D eigenvalue weighted by atomic mass is 16.2. The van der Waals surface area contributed by atoms with Crippen LogP contribution in [0, 0.1) is 13.8 Å². The molecule has 3 rings (SSSR count). The van der Waals surface area contributed by atoms with Gasteiger partial charge in [-0.15, -0.1) is 0 Å². The predicted octanol–water partition coefficient (Wildman–Crippen LogP) is 3.06. The van der Waals surface area contributed by atoms with E-state index in [2.05, 4.69) is 16.0 Å². The van der Waals surface area contributed by atoms with Crippen LogP contribution in [0.15, 0.2) is 42.5 Å². The predicted molar refractivity (Wildman–Crippen MR) is 91.6 cm³/mol. The molecular weight excluding hydrogens is 290 g/mol. The first kappa shape index (κ1) is 15.1. The Morgan fingerprint density at radius 3 is 2.61 bits per heavy atom. The summed E-state index contributed by atoms with van der Waals surface area (Å²) in [5.74, 6) is -0.384. The molecule has 1 atom stereocenters. The molecule has 1 heterocycles. The molecule has 5 heteroatoms. The third kappa shape index (κ3) is 3.18. The summed E-state index contributed by atoms with van der Waals surface area (Å²) in [7, 11) is 0. The van der Waals surface area contributed by atoms with Gasteiger partial charge in [0.25, 0.3) is 0 Å². The van der Waals surface area contributed by atoms with Gasteiger partial charge in [-0.2, -0.15) is 0 Å². The topological polar surface area (TPSA) is 70.2 Å². The van der Waals surface area contributed by atoms with Crippen molar-refractivity contribution in [2.24, 2.45) is 0 Å². The molecule has 0 unspecified atom stereocenters. The number of hydrogen-bond donors (Lipinski definition) is 3. The van der Waals surface area contributed by atoms with Crippen molar-refractivity contribution in [1.29, 1.82) is 0 Å². The van der Waals surface area contributed by atoms with Crippen molar-refractivity contribution in [1.82, 2.24) is 0 Å². The van der Waals surface area contributed by atoms with Crippen molar-refractivity contribution in [3.05, 3.63) is 53.6 Å². The van der Waals surface area contributed by atoms with Gasteiger partial charge in [0.05, 0.1) is 17.8 Å². The summed E-state index contributed by atoms with van der Waals surface area (Å²) < 4.78 is 0. The third-order valence-corrected chi connectivity index (χ3v) is 4.10. The quantitative estimate of drug-likeness (QED) is 0.816. The summed E-state index contributed by atoms with van der Waals surface area (Å²) in [6.07, 6.45) is 0.0769. The number of aryl methyl sites for hydroxylation is 1. The summed E-state index contributed by atoms with van der Waals surface area (Å²) in [5, 5.41) is 8.82. The van der Waals surface area contributed by atoms with E-state index in [1.807, 2.05) is 56.3 Å². The second-order valence-corrected chi connectivity index (χ2v) is 5.73. The molecule has 0 bridgehead atoms. The van der Waals surface area contributed by atoms with Gasteiger partial charge in [0.1, 0.15) is 6.04 Å². The highest BCUT2D eigenvalue weighted by Gasteiger charge is 2.27. The van der Waals surface area contributed by atoms with Gasteiger partial charge in [-0.3, -0.25) is 9.59 Å². The molecule has 0 aliphatic carbocycles. The first-order chi connectivity index (χ1) is 11.0. The Morgan fingerprint density at radius 2 is 1.83 bits per heavy atom. The summed E-state index contributed by atoms with van der Waals surface area (Å²) in [4.78, 5) is 24.4. The van der Waals surface area contributed by atoms with Crippen LogP contribution in [0.5, 0.6) is 0 Å².